The van der Waals surface area contributed by atoms with Crippen molar-refractivity contribution in [1.82, 2.24) is 5.32 Å². The molecule has 1 N–H and O–H groups in total. The summed E-state index contributed by atoms with van der Waals surface area (Å²) in [5, 5.41) is 3.22. The van der Waals surface area contributed by atoms with E-state index in [0.29, 0.717) is 6.61 Å². The highest BCUT2D eigenvalue weighted by molar-refractivity contribution is 5.72. The number of piperidine rings is 1. The third kappa shape index (κ3) is 3.56. The van der Waals surface area contributed by atoms with E-state index in [1.807, 2.05) is 31.2 Å². The van der Waals surface area contributed by atoms with Gasteiger partial charge < -0.3 is 10.1 Å². The van der Waals surface area contributed by atoms with Gasteiger partial charge in [0.15, 0.2) is 0 Å². The van der Waals surface area contributed by atoms with Crippen LogP contribution in [0.1, 0.15) is 24.0 Å². The minimum atomic E-state index is -0.0715. The molecular weight excluding hydrogens is 214 g/mol. The molecule has 0 spiro atoms. The van der Waals surface area contributed by atoms with Gasteiger partial charge in [-0.25, -0.2) is 0 Å². The topological polar surface area (TPSA) is 38.3 Å². The summed E-state index contributed by atoms with van der Waals surface area (Å²) in [7, 11) is 0. The van der Waals surface area contributed by atoms with E-state index < -0.39 is 0 Å². The molecule has 1 saturated heterocycles. The summed E-state index contributed by atoms with van der Waals surface area (Å²) in [6, 6.07) is 8.07. The summed E-state index contributed by atoms with van der Waals surface area (Å²) in [4.78, 5) is 11.8. The van der Waals surface area contributed by atoms with E-state index in [4.69, 9.17) is 4.74 Å². The van der Waals surface area contributed by atoms with E-state index in [-0.39, 0.29) is 11.9 Å². The molecule has 1 unspecified atom stereocenters. The molecule has 3 heteroatoms. The van der Waals surface area contributed by atoms with Crippen molar-refractivity contribution in [2.24, 2.45) is 5.92 Å². The summed E-state index contributed by atoms with van der Waals surface area (Å²) in [5.41, 5.74) is 2.27. The maximum absolute atomic E-state index is 11.8. The Hall–Kier alpha value is -1.35. The van der Waals surface area contributed by atoms with Crippen molar-refractivity contribution in [3.63, 3.8) is 0 Å². The zero-order chi connectivity index (χ0) is 12.1. The average Bonchev–Trinajstić information content (AvgIpc) is 2.39. The van der Waals surface area contributed by atoms with Crippen LogP contribution < -0.4 is 5.32 Å². The Morgan fingerprint density at radius 1 is 1.41 bits per heavy atom. The SMILES string of the molecule is Cc1ccc(COC(=O)C2CCCNC2)cc1. The lowest BCUT2D eigenvalue weighted by Crippen LogP contribution is -2.35. The van der Waals surface area contributed by atoms with Crippen molar-refractivity contribution < 1.29 is 9.53 Å². The Labute approximate surface area is 102 Å². The predicted octanol–water partition coefficient (Wildman–Crippen LogP) is 2.04. The second-order valence-electron chi connectivity index (χ2n) is 4.64. The number of nitrogens with one attached hydrogen (secondary N) is 1. The molecule has 3 nitrogen and oxygen atoms in total. The van der Waals surface area contributed by atoms with Crippen LogP contribution in [0.3, 0.4) is 0 Å². The van der Waals surface area contributed by atoms with Crippen LogP contribution in [0.4, 0.5) is 0 Å². The number of hydrogen-bond donors (Lipinski definition) is 1. The molecule has 0 bridgehead atoms. The number of ether oxygens (including phenoxy) is 1. The first-order chi connectivity index (χ1) is 8.25. The molecule has 1 aromatic rings. The molecule has 0 aromatic heterocycles. The van der Waals surface area contributed by atoms with Gasteiger partial charge in [0, 0.05) is 6.54 Å². The minimum Gasteiger partial charge on any atom is -0.461 e. The summed E-state index contributed by atoms with van der Waals surface area (Å²) >= 11 is 0. The molecule has 0 radical (unpaired) electrons. The first kappa shape index (κ1) is 12.1. The lowest BCUT2D eigenvalue weighted by Gasteiger charge is -2.21. The summed E-state index contributed by atoms with van der Waals surface area (Å²) in [5.74, 6) is -0.0352. The first-order valence-corrected chi connectivity index (χ1v) is 6.18. The molecule has 2 rings (SSSR count). The standard InChI is InChI=1S/C14H19NO2/c1-11-4-6-12(7-5-11)10-17-14(16)13-3-2-8-15-9-13/h4-7,13,15H,2-3,8-10H2,1H3. The van der Waals surface area contributed by atoms with E-state index in [2.05, 4.69) is 5.32 Å². The van der Waals surface area contributed by atoms with Crippen molar-refractivity contribution in [3.8, 4) is 0 Å². The highest BCUT2D eigenvalue weighted by atomic mass is 16.5. The molecule has 1 heterocycles. The molecule has 1 atom stereocenters. The zero-order valence-electron chi connectivity index (χ0n) is 10.2. The van der Waals surface area contributed by atoms with Crippen LogP contribution in [-0.4, -0.2) is 19.1 Å². The fourth-order valence-corrected chi connectivity index (χ4v) is 2.01. The van der Waals surface area contributed by atoms with Gasteiger partial charge in [0.2, 0.25) is 0 Å². The number of carbonyl (C=O) groups excluding carboxylic acids is 1. The van der Waals surface area contributed by atoms with Gasteiger partial charge in [0.1, 0.15) is 6.61 Å². The van der Waals surface area contributed by atoms with Gasteiger partial charge >= 0.3 is 5.97 Å². The lowest BCUT2D eigenvalue weighted by molar-refractivity contribution is -0.150. The van der Waals surface area contributed by atoms with Gasteiger partial charge in [-0.05, 0) is 31.9 Å². The fourth-order valence-electron chi connectivity index (χ4n) is 2.01. The molecule has 17 heavy (non-hydrogen) atoms. The van der Waals surface area contributed by atoms with Crippen molar-refractivity contribution in [2.45, 2.75) is 26.4 Å². The number of esters is 1. The van der Waals surface area contributed by atoms with Gasteiger partial charge in [0.25, 0.3) is 0 Å². The van der Waals surface area contributed by atoms with Crippen LogP contribution in [0.25, 0.3) is 0 Å². The Morgan fingerprint density at radius 2 is 2.18 bits per heavy atom. The van der Waals surface area contributed by atoms with Crippen molar-refractivity contribution >= 4 is 5.97 Å². The Morgan fingerprint density at radius 3 is 2.82 bits per heavy atom. The van der Waals surface area contributed by atoms with Gasteiger partial charge in [-0.15, -0.1) is 0 Å². The molecule has 92 valence electrons. The van der Waals surface area contributed by atoms with Crippen LogP contribution >= 0.6 is 0 Å². The molecule has 0 amide bonds. The predicted molar refractivity (Wildman–Crippen MR) is 66.6 cm³/mol. The van der Waals surface area contributed by atoms with Crippen molar-refractivity contribution in [3.05, 3.63) is 35.4 Å². The van der Waals surface area contributed by atoms with E-state index in [9.17, 15) is 4.79 Å². The zero-order valence-corrected chi connectivity index (χ0v) is 10.2. The van der Waals surface area contributed by atoms with Crippen molar-refractivity contribution in [1.29, 1.82) is 0 Å². The number of rotatable bonds is 3. The number of carbonyl (C=O) groups is 1. The Bertz CT molecular complexity index is 366. The third-order valence-corrected chi connectivity index (χ3v) is 3.13. The molecule has 1 aromatic carbocycles. The molecular formula is C14H19NO2. The van der Waals surface area contributed by atoms with Gasteiger partial charge in [-0.3, -0.25) is 4.79 Å². The Kier molecular flexibility index (Phi) is 4.15. The maximum Gasteiger partial charge on any atom is 0.310 e. The molecule has 1 aliphatic heterocycles. The van der Waals surface area contributed by atoms with Gasteiger partial charge in [-0.1, -0.05) is 29.8 Å². The summed E-state index contributed by atoms with van der Waals surface area (Å²) in [6.07, 6.45) is 2.00. The average molecular weight is 233 g/mol. The molecule has 1 aliphatic rings. The van der Waals surface area contributed by atoms with Crippen LogP contribution in [0.15, 0.2) is 24.3 Å². The van der Waals surface area contributed by atoms with Gasteiger partial charge in [-0.2, -0.15) is 0 Å². The van der Waals surface area contributed by atoms with Crippen LogP contribution in [0.2, 0.25) is 0 Å². The highest BCUT2D eigenvalue weighted by Gasteiger charge is 2.22. The smallest absolute Gasteiger partial charge is 0.310 e. The molecule has 0 aliphatic carbocycles. The lowest BCUT2D eigenvalue weighted by atomic mass is 10.0. The van der Waals surface area contributed by atoms with E-state index in [1.54, 1.807) is 0 Å². The van der Waals surface area contributed by atoms with Crippen LogP contribution in [0.5, 0.6) is 0 Å². The summed E-state index contributed by atoms with van der Waals surface area (Å²) < 4.78 is 5.33. The minimum absolute atomic E-state index is 0.0363. The fraction of sp³-hybridized carbons (Fsp3) is 0.500. The largest absolute Gasteiger partial charge is 0.461 e. The third-order valence-electron chi connectivity index (χ3n) is 3.13. The normalized spacial score (nSPS) is 19.9. The second-order valence-corrected chi connectivity index (χ2v) is 4.64. The van der Waals surface area contributed by atoms with E-state index in [0.717, 1.165) is 31.5 Å². The van der Waals surface area contributed by atoms with Crippen LogP contribution in [-0.2, 0) is 16.1 Å². The van der Waals surface area contributed by atoms with E-state index in [1.165, 1.54) is 5.56 Å². The van der Waals surface area contributed by atoms with E-state index >= 15 is 0 Å². The first-order valence-electron chi connectivity index (χ1n) is 6.18. The second kappa shape index (κ2) is 5.82. The quantitative estimate of drug-likeness (QED) is 0.812. The van der Waals surface area contributed by atoms with Gasteiger partial charge in [0.05, 0.1) is 5.92 Å². The van der Waals surface area contributed by atoms with Crippen molar-refractivity contribution in [2.75, 3.05) is 13.1 Å². The number of aryl methyl sites for hydroxylation is 1. The maximum atomic E-state index is 11.8. The molecule has 1 fully saturated rings. The van der Waals surface area contributed by atoms with Crippen LogP contribution in [0, 0.1) is 12.8 Å². The molecule has 0 saturated carbocycles. The number of benzene rings is 1. The monoisotopic (exact) mass is 233 g/mol. The summed E-state index contributed by atoms with van der Waals surface area (Å²) in [6.45, 7) is 4.20. The Balaban J connectivity index is 1.81. The highest BCUT2D eigenvalue weighted by Crippen LogP contribution is 2.13. The number of hydrogen-bond acceptors (Lipinski definition) is 3.